The maximum Gasteiger partial charge on any atom is 0.189 e. The molecule has 2 aliphatic heterocycles. The molecule has 3 rings (SSSR count). The Morgan fingerprint density at radius 2 is 1.68 bits per heavy atom. The standard InChI is InChI=1S/C17H30N4S/c22-17(21-12-6-7-13-21)20-19-16(14-8-2-1-3-9-14)15-10-4-5-11-18-15/h14-15,18H,1-13H2,(H,20,22)/b19-16-. The van der Waals surface area contributed by atoms with Gasteiger partial charge in [-0.05, 0) is 57.3 Å². The molecule has 3 fully saturated rings. The summed E-state index contributed by atoms with van der Waals surface area (Å²) in [6.07, 6.45) is 13.1. The summed E-state index contributed by atoms with van der Waals surface area (Å²) >= 11 is 5.52. The van der Waals surface area contributed by atoms with Gasteiger partial charge in [0.2, 0.25) is 0 Å². The molecule has 0 radical (unpaired) electrons. The summed E-state index contributed by atoms with van der Waals surface area (Å²) in [7, 11) is 0. The molecule has 2 N–H and O–H groups in total. The molecule has 2 heterocycles. The van der Waals surface area contributed by atoms with E-state index in [4.69, 9.17) is 17.3 Å². The van der Waals surface area contributed by atoms with Crippen molar-refractivity contribution in [3.8, 4) is 0 Å². The molecule has 0 amide bonds. The van der Waals surface area contributed by atoms with Crippen LogP contribution in [0.3, 0.4) is 0 Å². The Hall–Kier alpha value is -0.680. The van der Waals surface area contributed by atoms with Gasteiger partial charge in [-0.1, -0.05) is 25.7 Å². The third kappa shape index (κ3) is 4.19. The fraction of sp³-hybridized carbons (Fsp3) is 0.882. The van der Waals surface area contributed by atoms with Gasteiger partial charge in [-0.2, -0.15) is 5.10 Å². The third-order valence-corrected chi connectivity index (χ3v) is 5.71. The van der Waals surface area contributed by atoms with Gasteiger partial charge in [-0.25, -0.2) is 0 Å². The predicted molar refractivity (Wildman–Crippen MR) is 96.2 cm³/mol. The largest absolute Gasteiger partial charge is 0.348 e. The first kappa shape index (κ1) is 16.2. The topological polar surface area (TPSA) is 39.7 Å². The van der Waals surface area contributed by atoms with E-state index in [1.165, 1.54) is 69.9 Å². The van der Waals surface area contributed by atoms with Crippen molar-refractivity contribution in [1.82, 2.24) is 15.6 Å². The molecule has 0 bridgehead atoms. The number of likely N-dealkylation sites (tertiary alicyclic amines) is 1. The highest BCUT2D eigenvalue weighted by atomic mass is 32.1. The van der Waals surface area contributed by atoms with Crippen LogP contribution in [0.2, 0.25) is 0 Å². The predicted octanol–water partition coefficient (Wildman–Crippen LogP) is 3.04. The van der Waals surface area contributed by atoms with Crippen LogP contribution in [0.5, 0.6) is 0 Å². The van der Waals surface area contributed by atoms with Crippen molar-refractivity contribution < 1.29 is 0 Å². The fourth-order valence-electron chi connectivity index (χ4n) is 4.06. The van der Waals surface area contributed by atoms with Gasteiger partial charge in [0.25, 0.3) is 0 Å². The van der Waals surface area contributed by atoms with Crippen molar-refractivity contribution in [2.45, 2.75) is 70.3 Å². The summed E-state index contributed by atoms with van der Waals surface area (Å²) in [5, 5.41) is 9.34. The first-order chi connectivity index (χ1) is 10.8. The van der Waals surface area contributed by atoms with E-state index in [2.05, 4.69) is 15.6 Å². The lowest BCUT2D eigenvalue weighted by molar-refractivity contribution is 0.403. The molecule has 1 atom stereocenters. The van der Waals surface area contributed by atoms with Crippen LogP contribution in [0.15, 0.2) is 5.10 Å². The van der Waals surface area contributed by atoms with E-state index < -0.39 is 0 Å². The summed E-state index contributed by atoms with van der Waals surface area (Å²) in [6, 6.07) is 0.464. The van der Waals surface area contributed by atoms with E-state index in [0.717, 1.165) is 24.7 Å². The SMILES string of the molecule is S=C(N/N=C(/C1CCCCC1)C1CCCCN1)N1CCCC1. The Kier molecular flexibility index (Phi) is 6.07. The summed E-state index contributed by atoms with van der Waals surface area (Å²) in [6.45, 7) is 3.30. The smallest absolute Gasteiger partial charge is 0.189 e. The summed E-state index contributed by atoms with van der Waals surface area (Å²) < 4.78 is 0. The lowest BCUT2D eigenvalue weighted by atomic mass is 9.81. The van der Waals surface area contributed by atoms with E-state index in [9.17, 15) is 0 Å². The second kappa shape index (κ2) is 8.25. The van der Waals surface area contributed by atoms with Crippen molar-refractivity contribution in [2.75, 3.05) is 19.6 Å². The summed E-state index contributed by atoms with van der Waals surface area (Å²) in [5.74, 6) is 0.651. The molecule has 2 saturated heterocycles. The maximum absolute atomic E-state index is 5.52. The summed E-state index contributed by atoms with van der Waals surface area (Å²) in [5.41, 5.74) is 4.57. The molecule has 0 spiro atoms. The molecule has 124 valence electrons. The van der Waals surface area contributed by atoms with E-state index in [1.807, 2.05) is 0 Å². The second-order valence-corrected chi connectivity index (χ2v) is 7.37. The lowest BCUT2D eigenvalue weighted by Crippen LogP contribution is -2.45. The van der Waals surface area contributed by atoms with E-state index in [1.54, 1.807) is 0 Å². The average Bonchev–Trinajstić information content (AvgIpc) is 3.11. The van der Waals surface area contributed by atoms with Crippen LogP contribution in [0.1, 0.15) is 64.2 Å². The Balaban J connectivity index is 1.65. The van der Waals surface area contributed by atoms with Crippen LogP contribution in [0.4, 0.5) is 0 Å². The molecule has 5 heteroatoms. The number of nitrogens with one attached hydrogen (secondary N) is 2. The molecule has 1 aliphatic carbocycles. The van der Waals surface area contributed by atoms with Crippen LogP contribution in [-0.4, -0.2) is 41.4 Å². The van der Waals surface area contributed by atoms with Gasteiger partial charge >= 0.3 is 0 Å². The van der Waals surface area contributed by atoms with E-state index in [0.29, 0.717) is 12.0 Å². The lowest BCUT2D eigenvalue weighted by Gasteiger charge is -2.32. The van der Waals surface area contributed by atoms with Crippen molar-refractivity contribution in [2.24, 2.45) is 11.0 Å². The van der Waals surface area contributed by atoms with Crippen LogP contribution >= 0.6 is 12.2 Å². The zero-order chi connectivity index (χ0) is 15.2. The van der Waals surface area contributed by atoms with Gasteiger partial charge < -0.3 is 10.2 Å². The zero-order valence-corrected chi connectivity index (χ0v) is 14.5. The maximum atomic E-state index is 5.52. The van der Waals surface area contributed by atoms with Crippen LogP contribution in [-0.2, 0) is 0 Å². The number of thiocarbonyl (C=S) groups is 1. The highest BCUT2D eigenvalue weighted by Crippen LogP contribution is 2.27. The zero-order valence-electron chi connectivity index (χ0n) is 13.6. The highest BCUT2D eigenvalue weighted by molar-refractivity contribution is 7.80. The van der Waals surface area contributed by atoms with Gasteiger partial charge in [0.1, 0.15) is 0 Å². The molecule has 1 saturated carbocycles. The average molecular weight is 323 g/mol. The van der Waals surface area contributed by atoms with Crippen LogP contribution in [0.25, 0.3) is 0 Å². The minimum Gasteiger partial charge on any atom is -0.348 e. The normalized spacial score (nSPS) is 27.9. The summed E-state index contributed by atoms with van der Waals surface area (Å²) in [4.78, 5) is 2.26. The van der Waals surface area contributed by atoms with Gasteiger partial charge in [-0.3, -0.25) is 5.43 Å². The van der Waals surface area contributed by atoms with Crippen molar-refractivity contribution in [1.29, 1.82) is 0 Å². The van der Waals surface area contributed by atoms with Crippen molar-refractivity contribution >= 4 is 23.0 Å². The molecule has 0 aromatic rings. The third-order valence-electron chi connectivity index (χ3n) is 5.36. The number of nitrogens with zero attached hydrogens (tertiary/aromatic N) is 2. The quantitative estimate of drug-likeness (QED) is 0.476. The number of hydrazone groups is 1. The second-order valence-electron chi connectivity index (χ2n) is 6.99. The Bertz CT molecular complexity index is 371. The Labute approximate surface area is 140 Å². The number of hydrogen-bond donors (Lipinski definition) is 2. The van der Waals surface area contributed by atoms with Gasteiger partial charge in [0, 0.05) is 25.0 Å². The molecule has 1 unspecified atom stereocenters. The molecule has 0 aromatic carbocycles. The molecule has 3 aliphatic rings. The minimum atomic E-state index is 0.464. The number of rotatable bonds is 3. The Morgan fingerprint density at radius 1 is 0.955 bits per heavy atom. The first-order valence-electron chi connectivity index (χ1n) is 9.20. The van der Waals surface area contributed by atoms with E-state index >= 15 is 0 Å². The molecular weight excluding hydrogens is 292 g/mol. The monoisotopic (exact) mass is 322 g/mol. The highest BCUT2D eigenvalue weighted by Gasteiger charge is 2.27. The number of hydrogen-bond acceptors (Lipinski definition) is 3. The fourth-order valence-corrected chi connectivity index (χ4v) is 4.29. The number of piperidine rings is 1. The van der Waals surface area contributed by atoms with Crippen molar-refractivity contribution in [3.63, 3.8) is 0 Å². The first-order valence-corrected chi connectivity index (χ1v) is 9.61. The van der Waals surface area contributed by atoms with Crippen LogP contribution in [0, 0.1) is 5.92 Å². The van der Waals surface area contributed by atoms with Gasteiger partial charge in [0.05, 0.1) is 5.71 Å². The molecule has 0 aromatic heterocycles. The van der Waals surface area contributed by atoms with Crippen molar-refractivity contribution in [3.05, 3.63) is 0 Å². The molecule has 22 heavy (non-hydrogen) atoms. The van der Waals surface area contributed by atoms with Gasteiger partial charge in [-0.15, -0.1) is 0 Å². The van der Waals surface area contributed by atoms with Crippen LogP contribution < -0.4 is 10.7 Å². The minimum absolute atomic E-state index is 0.464. The van der Waals surface area contributed by atoms with E-state index in [-0.39, 0.29) is 0 Å². The molecule has 4 nitrogen and oxygen atoms in total. The van der Waals surface area contributed by atoms with Gasteiger partial charge in [0.15, 0.2) is 5.11 Å². The molecular formula is C17H30N4S. The Morgan fingerprint density at radius 3 is 2.36 bits per heavy atom.